The van der Waals surface area contributed by atoms with Crippen molar-refractivity contribution in [3.05, 3.63) is 60.2 Å². The minimum Gasteiger partial charge on any atom is -0.345 e. The van der Waals surface area contributed by atoms with Crippen LogP contribution in [0.3, 0.4) is 0 Å². The van der Waals surface area contributed by atoms with Crippen LogP contribution >= 0.6 is 11.8 Å². The van der Waals surface area contributed by atoms with Crippen LogP contribution in [0.5, 0.6) is 0 Å². The summed E-state index contributed by atoms with van der Waals surface area (Å²) in [6.07, 6.45) is 6.50. The highest BCUT2D eigenvalue weighted by atomic mass is 32.2. The van der Waals surface area contributed by atoms with Crippen LogP contribution < -0.4 is 0 Å². The third kappa shape index (κ3) is 6.31. The molecule has 28 heavy (non-hydrogen) atoms. The summed E-state index contributed by atoms with van der Waals surface area (Å²) in [6.45, 7) is 3.68. The molecule has 3 rings (SSSR count). The topological polar surface area (TPSA) is 36.4 Å². The highest BCUT2D eigenvalue weighted by molar-refractivity contribution is 8.00. The second-order valence-corrected chi connectivity index (χ2v) is 8.44. The standard InChI is InChI=1S/C22H28FN3OS/c1-25(22(27)17-28-20-8-11-24-12-9-20)15-18-5-4-13-26(16-18)14-10-19-6-2-3-7-21(19)23/h2-3,6-9,11-12,18H,4-5,10,13-17H2,1H3/t18-/m1/s1. The Kier molecular flexibility index (Phi) is 7.86. The van der Waals surface area contributed by atoms with Gasteiger partial charge in [-0.05, 0) is 55.5 Å². The van der Waals surface area contributed by atoms with Gasteiger partial charge in [-0.15, -0.1) is 11.8 Å². The molecule has 0 unspecified atom stereocenters. The highest BCUT2D eigenvalue weighted by Gasteiger charge is 2.22. The lowest BCUT2D eigenvalue weighted by molar-refractivity contribution is -0.127. The predicted octanol–water partition coefficient (Wildman–Crippen LogP) is 3.73. The van der Waals surface area contributed by atoms with Gasteiger partial charge in [0.1, 0.15) is 5.82 Å². The summed E-state index contributed by atoms with van der Waals surface area (Å²) in [4.78, 5) is 21.8. The predicted molar refractivity (Wildman–Crippen MR) is 112 cm³/mol. The molecule has 0 saturated carbocycles. The van der Waals surface area contributed by atoms with E-state index in [0.717, 1.165) is 55.9 Å². The van der Waals surface area contributed by atoms with Crippen molar-refractivity contribution >= 4 is 17.7 Å². The second-order valence-electron chi connectivity index (χ2n) is 7.40. The molecule has 1 fully saturated rings. The molecule has 0 spiro atoms. The number of amides is 1. The number of aromatic nitrogens is 1. The summed E-state index contributed by atoms with van der Waals surface area (Å²) in [5, 5.41) is 0. The summed E-state index contributed by atoms with van der Waals surface area (Å²) < 4.78 is 13.8. The van der Waals surface area contributed by atoms with Gasteiger partial charge < -0.3 is 9.80 Å². The van der Waals surface area contributed by atoms with E-state index < -0.39 is 0 Å². The Balaban J connectivity index is 1.42. The van der Waals surface area contributed by atoms with Crippen LogP contribution in [-0.4, -0.2) is 59.7 Å². The van der Waals surface area contributed by atoms with Crippen LogP contribution in [-0.2, 0) is 11.2 Å². The fourth-order valence-electron chi connectivity index (χ4n) is 3.66. The molecular formula is C22H28FN3OS. The smallest absolute Gasteiger partial charge is 0.232 e. The van der Waals surface area contributed by atoms with Crippen molar-refractivity contribution in [2.45, 2.75) is 24.2 Å². The van der Waals surface area contributed by atoms with Crippen LogP contribution in [0.2, 0.25) is 0 Å². The molecule has 2 aromatic rings. The maximum atomic E-state index is 13.8. The first-order chi connectivity index (χ1) is 13.6. The van der Waals surface area contributed by atoms with Gasteiger partial charge in [-0.2, -0.15) is 0 Å². The lowest BCUT2D eigenvalue weighted by Crippen LogP contribution is -2.42. The van der Waals surface area contributed by atoms with E-state index in [1.807, 2.05) is 36.2 Å². The van der Waals surface area contributed by atoms with Crippen molar-refractivity contribution in [3.63, 3.8) is 0 Å². The van der Waals surface area contributed by atoms with Crippen LogP contribution in [0.1, 0.15) is 18.4 Å². The molecule has 6 heteroatoms. The van der Waals surface area contributed by atoms with E-state index in [4.69, 9.17) is 0 Å². The summed E-state index contributed by atoms with van der Waals surface area (Å²) in [5.74, 6) is 0.970. The fraction of sp³-hybridized carbons (Fsp3) is 0.455. The largest absolute Gasteiger partial charge is 0.345 e. The number of carbonyl (C=O) groups is 1. The number of halogens is 1. The number of hydrogen-bond donors (Lipinski definition) is 0. The number of hydrogen-bond acceptors (Lipinski definition) is 4. The Morgan fingerprint density at radius 3 is 2.86 bits per heavy atom. The van der Waals surface area contributed by atoms with E-state index in [1.165, 1.54) is 6.07 Å². The second kappa shape index (κ2) is 10.6. The average Bonchev–Trinajstić information content (AvgIpc) is 2.72. The van der Waals surface area contributed by atoms with Crippen LogP contribution in [0.25, 0.3) is 0 Å². The lowest BCUT2D eigenvalue weighted by Gasteiger charge is -2.34. The van der Waals surface area contributed by atoms with Crippen molar-refractivity contribution in [1.29, 1.82) is 0 Å². The molecule has 1 saturated heterocycles. The molecule has 150 valence electrons. The maximum absolute atomic E-state index is 13.8. The number of rotatable bonds is 8. The molecule has 0 bridgehead atoms. The molecule has 0 aliphatic carbocycles. The van der Waals surface area contributed by atoms with Crippen LogP contribution in [0.15, 0.2) is 53.7 Å². The lowest BCUT2D eigenvalue weighted by atomic mass is 9.97. The van der Waals surface area contributed by atoms with Gasteiger partial charge in [-0.25, -0.2) is 4.39 Å². The first-order valence-electron chi connectivity index (χ1n) is 9.84. The molecule has 4 nitrogen and oxygen atoms in total. The van der Waals surface area contributed by atoms with Gasteiger partial charge in [0, 0.05) is 44.0 Å². The summed E-state index contributed by atoms with van der Waals surface area (Å²) in [5.41, 5.74) is 0.782. The van der Waals surface area contributed by atoms with Gasteiger partial charge in [0.2, 0.25) is 5.91 Å². The average molecular weight is 402 g/mol. The Morgan fingerprint density at radius 2 is 2.07 bits per heavy atom. The minimum absolute atomic E-state index is 0.118. The van der Waals surface area contributed by atoms with E-state index >= 15 is 0 Å². The van der Waals surface area contributed by atoms with E-state index in [0.29, 0.717) is 11.7 Å². The van der Waals surface area contributed by atoms with Crippen molar-refractivity contribution in [3.8, 4) is 0 Å². The molecule has 1 aromatic carbocycles. The number of carbonyl (C=O) groups excluding carboxylic acids is 1. The summed E-state index contributed by atoms with van der Waals surface area (Å²) in [6, 6.07) is 10.9. The SMILES string of the molecule is CN(C[C@H]1CCCN(CCc2ccccc2F)C1)C(=O)CSc1ccncc1. The quantitative estimate of drug-likeness (QED) is 0.632. The van der Waals surface area contributed by atoms with Crippen LogP contribution in [0, 0.1) is 11.7 Å². The molecular weight excluding hydrogens is 373 g/mol. The molecule has 1 aliphatic rings. The third-order valence-corrected chi connectivity index (χ3v) is 6.22. The minimum atomic E-state index is -0.118. The molecule has 1 amide bonds. The maximum Gasteiger partial charge on any atom is 0.232 e. The number of nitrogens with zero attached hydrogens (tertiary/aromatic N) is 3. The van der Waals surface area contributed by atoms with Gasteiger partial charge in [-0.1, -0.05) is 18.2 Å². The zero-order valence-electron chi connectivity index (χ0n) is 16.4. The van der Waals surface area contributed by atoms with Gasteiger partial charge >= 0.3 is 0 Å². The van der Waals surface area contributed by atoms with E-state index in [2.05, 4.69) is 9.88 Å². The number of pyridine rings is 1. The Bertz CT molecular complexity index is 758. The third-order valence-electron chi connectivity index (χ3n) is 5.23. The van der Waals surface area contributed by atoms with Gasteiger partial charge in [0.25, 0.3) is 0 Å². The summed E-state index contributed by atoms with van der Waals surface area (Å²) >= 11 is 1.55. The first-order valence-corrected chi connectivity index (χ1v) is 10.8. The van der Waals surface area contributed by atoms with E-state index in [-0.39, 0.29) is 11.7 Å². The van der Waals surface area contributed by atoms with Crippen LogP contribution in [0.4, 0.5) is 4.39 Å². The van der Waals surface area contributed by atoms with E-state index in [9.17, 15) is 9.18 Å². The number of thioether (sulfide) groups is 1. The van der Waals surface area contributed by atoms with Crippen molar-refractivity contribution in [2.24, 2.45) is 5.92 Å². The molecule has 1 aliphatic heterocycles. The molecule has 1 aromatic heterocycles. The van der Waals surface area contributed by atoms with Gasteiger partial charge in [0.05, 0.1) is 5.75 Å². The van der Waals surface area contributed by atoms with Gasteiger partial charge in [0.15, 0.2) is 0 Å². The molecule has 1 atom stereocenters. The summed E-state index contributed by atoms with van der Waals surface area (Å²) in [7, 11) is 1.90. The Hall–Kier alpha value is -1.92. The molecule has 0 radical (unpaired) electrons. The van der Waals surface area contributed by atoms with Gasteiger partial charge in [-0.3, -0.25) is 9.78 Å². The number of piperidine rings is 1. The fourth-order valence-corrected chi connectivity index (χ4v) is 4.49. The highest BCUT2D eigenvalue weighted by Crippen LogP contribution is 2.20. The molecule has 2 heterocycles. The number of benzene rings is 1. The van der Waals surface area contributed by atoms with E-state index in [1.54, 1.807) is 30.2 Å². The van der Waals surface area contributed by atoms with Crippen molar-refractivity contribution in [2.75, 3.05) is 39.0 Å². The molecule has 0 N–H and O–H groups in total. The van der Waals surface area contributed by atoms with Crippen molar-refractivity contribution in [1.82, 2.24) is 14.8 Å². The van der Waals surface area contributed by atoms with Crippen molar-refractivity contribution < 1.29 is 9.18 Å². The zero-order valence-corrected chi connectivity index (χ0v) is 17.2. The normalized spacial score (nSPS) is 17.4. The monoisotopic (exact) mass is 401 g/mol. The number of likely N-dealkylation sites (tertiary alicyclic amines) is 1. The Morgan fingerprint density at radius 1 is 1.29 bits per heavy atom. The first kappa shape index (κ1) is 20.8. The zero-order chi connectivity index (χ0) is 19.8. The Labute approximate surface area is 171 Å².